The summed E-state index contributed by atoms with van der Waals surface area (Å²) in [5, 5.41) is 24.3. The molecule has 11 rings (SSSR count). The molecule has 0 saturated heterocycles. The van der Waals surface area contributed by atoms with Gasteiger partial charge in [-0.2, -0.15) is 0 Å². The lowest BCUT2D eigenvalue weighted by Gasteiger charge is -2.34. The minimum Gasteiger partial charge on any atom is -0.308 e. The fourth-order valence-corrected chi connectivity index (χ4v) is 16.2. The zero-order valence-electron chi connectivity index (χ0n) is 46.4. The van der Waals surface area contributed by atoms with Crippen LogP contribution in [0.2, 0.25) is 0 Å². The zero-order chi connectivity index (χ0) is 54.6. The molecule has 0 radical (unpaired) electrons. The summed E-state index contributed by atoms with van der Waals surface area (Å²) in [6.07, 6.45) is 5.10. The molecule has 0 heterocycles. The summed E-state index contributed by atoms with van der Waals surface area (Å²) in [5.74, 6) is 0. The molecule has 0 aromatic heterocycles. The number of aryl methyl sites for hydroxylation is 2. The van der Waals surface area contributed by atoms with Gasteiger partial charge < -0.3 is 21.3 Å². The molecule has 4 atom stereocenters. The Morgan fingerprint density at radius 1 is 0.312 bits per heavy atom. The second kappa shape index (κ2) is 29.4. The molecular formula is C74H76N4P2. The average molecular weight is 1080 g/mol. The molecule has 0 spiro atoms. The fraction of sp³-hybridized carbons (Fsp3) is 0.189. The zero-order valence-corrected chi connectivity index (χ0v) is 48.2. The van der Waals surface area contributed by atoms with Crippen LogP contribution in [0.1, 0.15) is 82.3 Å². The molecule has 1 aliphatic carbocycles. The first-order chi connectivity index (χ1) is 39.6. The molecule has 10 aromatic carbocycles. The van der Waals surface area contributed by atoms with E-state index in [0.29, 0.717) is 12.1 Å². The highest BCUT2D eigenvalue weighted by Gasteiger charge is 2.28. The van der Waals surface area contributed by atoms with E-state index < -0.39 is 15.8 Å². The van der Waals surface area contributed by atoms with Gasteiger partial charge in [0.25, 0.3) is 0 Å². The maximum Gasteiger partial charge on any atom is 0.0521 e. The van der Waals surface area contributed by atoms with Gasteiger partial charge in [0.2, 0.25) is 0 Å². The van der Waals surface area contributed by atoms with Gasteiger partial charge in [0.05, 0.1) is 12.1 Å². The largest absolute Gasteiger partial charge is 0.308 e. The minimum absolute atomic E-state index is 0.0513. The van der Waals surface area contributed by atoms with Gasteiger partial charge in [0, 0.05) is 38.3 Å². The van der Waals surface area contributed by atoms with Crippen molar-refractivity contribution in [2.45, 2.75) is 89.9 Å². The number of benzene rings is 10. The predicted octanol–water partition coefficient (Wildman–Crippen LogP) is 14.1. The lowest BCUT2D eigenvalue weighted by atomic mass is 9.90. The standard InChI is InChI=1S/C41H39N2P.C33H37N2P/c1-32-18-14-15-23-35(32)30-42-40(33-19-6-2-7-20-33)41(34-21-8-3-9-22-34)43-31-36-24-16-17-29-39(36)44(37-25-10-4-11-26-37)38-27-12-5-13-28-38;1-26-14-8-9-15-27(26)24-34-31-21-11-12-22-32(31)35-25-28-16-10-13-23-33(28)36(29-17-4-2-5-18-29)30-19-6-3-7-20-30/h2-29,40-43H,30-31H2,1H3;2-10,13-20,23,31-32,34-35H,11-12,21-22,24-25H2,1H3/t40-,41-;31-,32?/m11/s1. The Morgan fingerprint density at radius 3 is 0.963 bits per heavy atom. The molecule has 0 amide bonds. The molecular weight excluding hydrogens is 1010 g/mol. The molecule has 1 aliphatic rings. The molecule has 10 aromatic rings. The monoisotopic (exact) mass is 1080 g/mol. The first-order valence-corrected chi connectivity index (χ1v) is 31.3. The maximum atomic E-state index is 4.05. The van der Waals surface area contributed by atoms with Crippen molar-refractivity contribution >= 4 is 47.7 Å². The lowest BCUT2D eigenvalue weighted by Crippen LogP contribution is -2.49. The summed E-state index contributed by atoms with van der Waals surface area (Å²) >= 11 is 0. The van der Waals surface area contributed by atoms with Gasteiger partial charge in [-0.3, -0.25) is 0 Å². The molecule has 1 saturated carbocycles. The SMILES string of the molecule is Cc1ccccc1CN[C@@H]1CCCCC1NCc1ccccc1P(c1ccccc1)c1ccccc1.Cc1ccccc1CN[C@H](c1ccccc1)[C@H](NCc1ccccc1P(c1ccccc1)c1ccccc1)c1ccccc1. The Morgan fingerprint density at radius 2 is 0.588 bits per heavy atom. The number of hydrogen-bond acceptors (Lipinski definition) is 4. The number of nitrogens with one attached hydrogen (secondary N) is 4. The summed E-state index contributed by atoms with van der Waals surface area (Å²) < 4.78 is 0. The van der Waals surface area contributed by atoms with Crippen molar-refractivity contribution in [1.82, 2.24) is 21.3 Å². The van der Waals surface area contributed by atoms with E-state index in [2.05, 4.69) is 314 Å². The van der Waals surface area contributed by atoms with E-state index in [4.69, 9.17) is 0 Å². The molecule has 1 unspecified atom stereocenters. The van der Waals surface area contributed by atoms with Gasteiger partial charge in [-0.1, -0.05) is 292 Å². The summed E-state index contributed by atoms with van der Waals surface area (Å²) in [5.41, 5.74) is 10.7. The fourth-order valence-electron chi connectivity index (χ4n) is 11.3. The van der Waals surface area contributed by atoms with Crippen LogP contribution in [0.5, 0.6) is 0 Å². The Hall–Kier alpha value is -7.10. The quantitative estimate of drug-likeness (QED) is 0.0542. The average Bonchev–Trinajstić information content (AvgIpc) is 3.57. The van der Waals surface area contributed by atoms with E-state index in [-0.39, 0.29) is 12.1 Å². The molecule has 4 N–H and O–H groups in total. The molecule has 1 fully saturated rings. The van der Waals surface area contributed by atoms with Crippen LogP contribution in [0.4, 0.5) is 0 Å². The first-order valence-electron chi connectivity index (χ1n) is 28.7. The summed E-state index contributed by atoms with van der Waals surface area (Å²) in [4.78, 5) is 0. The van der Waals surface area contributed by atoms with Crippen molar-refractivity contribution in [2.75, 3.05) is 0 Å². The van der Waals surface area contributed by atoms with Crippen LogP contribution >= 0.6 is 15.8 Å². The smallest absolute Gasteiger partial charge is 0.0521 e. The Balaban J connectivity index is 0.000000184. The Bertz CT molecular complexity index is 3320. The van der Waals surface area contributed by atoms with Crippen molar-refractivity contribution in [3.63, 3.8) is 0 Å². The topological polar surface area (TPSA) is 48.1 Å². The van der Waals surface area contributed by atoms with Gasteiger partial charge >= 0.3 is 0 Å². The number of rotatable bonds is 21. The van der Waals surface area contributed by atoms with Gasteiger partial charge in [-0.25, -0.2) is 0 Å². The van der Waals surface area contributed by atoms with Crippen LogP contribution in [-0.2, 0) is 26.2 Å². The Labute approximate surface area is 479 Å². The van der Waals surface area contributed by atoms with E-state index in [1.807, 2.05) is 0 Å². The normalized spacial score (nSPS) is 14.9. The van der Waals surface area contributed by atoms with Crippen molar-refractivity contribution < 1.29 is 0 Å². The molecule has 6 heteroatoms. The lowest BCUT2D eigenvalue weighted by molar-refractivity contribution is 0.281. The third-order valence-corrected chi connectivity index (χ3v) is 20.7. The van der Waals surface area contributed by atoms with E-state index in [0.717, 1.165) is 26.2 Å². The molecule has 0 aliphatic heterocycles. The molecule has 0 bridgehead atoms. The highest BCUT2D eigenvalue weighted by molar-refractivity contribution is 7.80. The van der Waals surface area contributed by atoms with Crippen LogP contribution in [0.3, 0.4) is 0 Å². The van der Waals surface area contributed by atoms with Crippen molar-refractivity contribution in [1.29, 1.82) is 0 Å². The van der Waals surface area contributed by atoms with Gasteiger partial charge in [-0.05, 0) is 119 Å². The molecule has 402 valence electrons. The van der Waals surface area contributed by atoms with Crippen LogP contribution in [0, 0.1) is 13.8 Å². The third kappa shape index (κ3) is 15.0. The van der Waals surface area contributed by atoms with E-state index in [9.17, 15) is 0 Å². The minimum atomic E-state index is -0.707. The van der Waals surface area contributed by atoms with E-state index in [1.165, 1.54) is 102 Å². The van der Waals surface area contributed by atoms with Gasteiger partial charge in [0.15, 0.2) is 0 Å². The second-order valence-corrected chi connectivity index (χ2v) is 25.3. The third-order valence-electron chi connectivity index (χ3n) is 15.6. The molecule has 4 nitrogen and oxygen atoms in total. The summed E-state index contributed by atoms with van der Waals surface area (Å²) in [6.45, 7) is 7.80. The highest BCUT2D eigenvalue weighted by Crippen LogP contribution is 2.37. The van der Waals surface area contributed by atoms with Crippen molar-refractivity contribution in [3.05, 3.63) is 324 Å². The molecule has 80 heavy (non-hydrogen) atoms. The first kappa shape index (κ1) is 56.2. The predicted molar refractivity (Wildman–Crippen MR) is 344 cm³/mol. The van der Waals surface area contributed by atoms with Crippen LogP contribution in [0.25, 0.3) is 0 Å². The van der Waals surface area contributed by atoms with Crippen molar-refractivity contribution in [3.8, 4) is 0 Å². The van der Waals surface area contributed by atoms with Crippen LogP contribution < -0.4 is 53.1 Å². The maximum absolute atomic E-state index is 4.05. The van der Waals surface area contributed by atoms with E-state index >= 15 is 0 Å². The summed E-state index contributed by atoms with van der Waals surface area (Å²) in [7, 11) is -1.31. The van der Waals surface area contributed by atoms with Gasteiger partial charge in [-0.15, -0.1) is 0 Å². The van der Waals surface area contributed by atoms with Crippen LogP contribution in [0.15, 0.2) is 279 Å². The van der Waals surface area contributed by atoms with Crippen LogP contribution in [-0.4, -0.2) is 12.1 Å². The summed E-state index contributed by atoms with van der Waals surface area (Å²) in [6, 6.07) is 102. The highest BCUT2D eigenvalue weighted by atomic mass is 31.1. The van der Waals surface area contributed by atoms with E-state index in [1.54, 1.807) is 0 Å². The second-order valence-electron chi connectivity index (χ2n) is 20.9. The van der Waals surface area contributed by atoms with Crippen molar-refractivity contribution in [2.24, 2.45) is 0 Å². The van der Waals surface area contributed by atoms with Gasteiger partial charge in [0.1, 0.15) is 0 Å². The number of hydrogen-bond donors (Lipinski definition) is 4. The Kier molecular flexibility index (Phi) is 20.6.